The molecule has 6 nitrogen and oxygen atoms in total. The third-order valence-corrected chi connectivity index (χ3v) is 9.39. The highest BCUT2D eigenvalue weighted by molar-refractivity contribution is 5.78. The zero-order valence-corrected chi connectivity index (χ0v) is 31.1. The number of nitrogens with one attached hydrogen (secondary N) is 1. The van der Waals surface area contributed by atoms with Crippen molar-refractivity contribution in [1.82, 2.24) is 10.2 Å². The van der Waals surface area contributed by atoms with Gasteiger partial charge in [0.1, 0.15) is 0 Å². The topological polar surface area (TPSA) is 67.9 Å². The van der Waals surface area contributed by atoms with Gasteiger partial charge in [0.25, 0.3) is 0 Å². The Hall–Kier alpha value is -1.14. The zero-order valence-electron chi connectivity index (χ0n) is 31.1. The minimum absolute atomic E-state index is 0.0121. The van der Waals surface area contributed by atoms with Crippen molar-refractivity contribution in [1.29, 1.82) is 0 Å². The Bertz CT molecular complexity index is 649. The van der Waals surface area contributed by atoms with E-state index in [1.165, 1.54) is 116 Å². The van der Waals surface area contributed by atoms with Gasteiger partial charge in [-0.2, -0.15) is 0 Å². The Labute approximate surface area is 280 Å². The van der Waals surface area contributed by atoms with Crippen molar-refractivity contribution >= 4 is 11.9 Å². The number of hydrogen-bond donors (Lipinski definition) is 1. The van der Waals surface area contributed by atoms with Crippen LogP contribution in [0.2, 0.25) is 0 Å². The van der Waals surface area contributed by atoms with Crippen LogP contribution in [-0.4, -0.2) is 62.8 Å². The summed E-state index contributed by atoms with van der Waals surface area (Å²) in [5, 5.41) is 3.37. The van der Waals surface area contributed by atoms with E-state index in [0.29, 0.717) is 37.6 Å². The summed E-state index contributed by atoms with van der Waals surface area (Å²) in [5.74, 6) is 0.691. The third kappa shape index (κ3) is 30.0. The second-order valence-corrected chi connectivity index (χ2v) is 14.1. The molecule has 0 rings (SSSR count). The van der Waals surface area contributed by atoms with Crippen molar-refractivity contribution in [3.8, 4) is 0 Å². The molecule has 0 radical (unpaired) electrons. The summed E-state index contributed by atoms with van der Waals surface area (Å²) < 4.78 is 10.7. The van der Waals surface area contributed by atoms with E-state index in [9.17, 15) is 9.59 Å². The Balaban J connectivity index is 4.08. The van der Waals surface area contributed by atoms with Gasteiger partial charge in [0.05, 0.1) is 13.2 Å². The number of ether oxygens (including phenoxy) is 2. The Morgan fingerprint density at radius 2 is 1.07 bits per heavy atom. The lowest BCUT2D eigenvalue weighted by Crippen LogP contribution is -2.42. The second kappa shape index (κ2) is 32.8. The van der Waals surface area contributed by atoms with Crippen LogP contribution in [-0.2, 0) is 19.1 Å². The molecule has 0 aromatic carbocycles. The maximum Gasteiger partial charge on any atom is 0.306 e. The zero-order chi connectivity index (χ0) is 33.4. The number of unbranched alkanes of at least 4 members (excludes halogenated alkanes) is 16. The highest BCUT2D eigenvalue weighted by Gasteiger charge is 2.16. The molecule has 0 bridgehead atoms. The van der Waals surface area contributed by atoms with E-state index in [1.54, 1.807) is 7.11 Å². The maximum absolute atomic E-state index is 12.7. The van der Waals surface area contributed by atoms with Crippen LogP contribution in [0.25, 0.3) is 0 Å². The summed E-state index contributed by atoms with van der Waals surface area (Å²) in [6, 6.07) is 0.686. The smallest absolute Gasteiger partial charge is 0.306 e. The fraction of sp³-hybridized carbons (Fsp3) is 0.949. The number of likely N-dealkylation sites (N-methyl/N-ethyl adjacent to an activating group) is 1. The first-order valence-corrected chi connectivity index (χ1v) is 19.5. The van der Waals surface area contributed by atoms with E-state index in [4.69, 9.17) is 9.47 Å². The van der Waals surface area contributed by atoms with E-state index in [1.807, 2.05) is 7.05 Å². The first kappa shape index (κ1) is 43.9. The Morgan fingerprint density at radius 3 is 1.51 bits per heavy atom. The van der Waals surface area contributed by atoms with Gasteiger partial charge in [0.15, 0.2) is 0 Å². The van der Waals surface area contributed by atoms with Gasteiger partial charge in [0, 0.05) is 32.2 Å². The molecule has 0 aliphatic carbocycles. The van der Waals surface area contributed by atoms with Gasteiger partial charge in [-0.25, -0.2) is 0 Å². The lowest BCUT2D eigenvalue weighted by Gasteiger charge is -2.23. The van der Waals surface area contributed by atoms with Crippen LogP contribution in [0.5, 0.6) is 0 Å². The van der Waals surface area contributed by atoms with E-state index in [0.717, 1.165) is 45.1 Å². The summed E-state index contributed by atoms with van der Waals surface area (Å²) in [5.41, 5.74) is 0. The van der Waals surface area contributed by atoms with Gasteiger partial charge in [-0.15, -0.1) is 0 Å². The van der Waals surface area contributed by atoms with Crippen molar-refractivity contribution in [3.63, 3.8) is 0 Å². The molecule has 0 aromatic heterocycles. The van der Waals surface area contributed by atoms with E-state index in [2.05, 4.69) is 37.9 Å². The van der Waals surface area contributed by atoms with Crippen LogP contribution in [0.3, 0.4) is 0 Å². The molecule has 268 valence electrons. The van der Waals surface area contributed by atoms with Gasteiger partial charge in [0.2, 0.25) is 5.91 Å². The van der Waals surface area contributed by atoms with Crippen molar-refractivity contribution in [2.75, 3.05) is 33.9 Å². The van der Waals surface area contributed by atoms with Crippen LogP contribution in [0, 0.1) is 5.92 Å². The van der Waals surface area contributed by atoms with Crippen molar-refractivity contribution in [2.45, 2.75) is 200 Å². The van der Waals surface area contributed by atoms with Crippen LogP contribution in [0.15, 0.2) is 0 Å². The molecule has 0 spiro atoms. The van der Waals surface area contributed by atoms with Crippen molar-refractivity contribution in [2.24, 2.45) is 5.92 Å². The first-order chi connectivity index (χ1) is 21.8. The molecule has 0 heterocycles. The van der Waals surface area contributed by atoms with E-state index < -0.39 is 0 Å². The average Bonchev–Trinajstić information content (AvgIpc) is 3.01. The number of rotatable bonds is 34. The number of methoxy groups -OCH3 is 1. The molecule has 1 amide bonds. The first-order valence-electron chi connectivity index (χ1n) is 19.5. The van der Waals surface area contributed by atoms with Crippen LogP contribution in [0.1, 0.15) is 188 Å². The third-order valence-electron chi connectivity index (χ3n) is 9.39. The molecular formula is C39H78N2O4. The van der Waals surface area contributed by atoms with Crippen molar-refractivity contribution < 1.29 is 19.1 Å². The molecule has 45 heavy (non-hydrogen) atoms. The van der Waals surface area contributed by atoms with Crippen LogP contribution in [0.4, 0.5) is 0 Å². The SMILES string of the molecule is CCCCC(CCCC)CC(=O)OCCCCCCCCCCC(CCCCCCCCCCOC)NC(=O)CN(C)C(C)C. The second-order valence-electron chi connectivity index (χ2n) is 14.1. The normalized spacial score (nSPS) is 12.4. The molecule has 1 N–H and O–H groups in total. The fourth-order valence-corrected chi connectivity index (χ4v) is 6.04. The quantitative estimate of drug-likeness (QED) is 0.0561. The number of carbonyl (C=O) groups is 2. The number of nitrogens with zero attached hydrogens (tertiary/aromatic N) is 1. The average molecular weight is 639 g/mol. The van der Waals surface area contributed by atoms with Crippen LogP contribution >= 0.6 is 0 Å². The number of carbonyl (C=O) groups excluding carboxylic acids is 2. The monoisotopic (exact) mass is 639 g/mol. The van der Waals surface area contributed by atoms with Crippen LogP contribution < -0.4 is 5.32 Å². The summed E-state index contributed by atoms with van der Waals surface area (Å²) in [6.07, 6.45) is 29.8. The van der Waals surface area contributed by atoms with Crippen molar-refractivity contribution in [3.05, 3.63) is 0 Å². The molecule has 6 heteroatoms. The van der Waals surface area contributed by atoms with E-state index >= 15 is 0 Å². The summed E-state index contributed by atoms with van der Waals surface area (Å²) in [7, 11) is 3.81. The molecular weight excluding hydrogens is 560 g/mol. The molecule has 0 aromatic rings. The molecule has 0 aliphatic heterocycles. The molecule has 0 fully saturated rings. The number of hydrogen-bond acceptors (Lipinski definition) is 5. The van der Waals surface area contributed by atoms with Gasteiger partial charge in [-0.1, -0.05) is 129 Å². The highest BCUT2D eigenvalue weighted by atomic mass is 16.5. The lowest BCUT2D eigenvalue weighted by atomic mass is 9.93. The van der Waals surface area contributed by atoms with Gasteiger partial charge in [-0.3, -0.25) is 14.5 Å². The molecule has 1 unspecified atom stereocenters. The largest absolute Gasteiger partial charge is 0.466 e. The minimum Gasteiger partial charge on any atom is -0.466 e. The molecule has 0 saturated carbocycles. The highest BCUT2D eigenvalue weighted by Crippen LogP contribution is 2.21. The summed E-state index contributed by atoms with van der Waals surface area (Å²) in [4.78, 5) is 27.1. The summed E-state index contributed by atoms with van der Waals surface area (Å²) >= 11 is 0. The number of esters is 1. The molecule has 0 aliphatic rings. The van der Waals surface area contributed by atoms with Gasteiger partial charge in [-0.05, 0) is 65.3 Å². The number of amides is 1. The minimum atomic E-state index is 0.0121. The maximum atomic E-state index is 12.7. The van der Waals surface area contributed by atoms with Gasteiger partial charge >= 0.3 is 5.97 Å². The van der Waals surface area contributed by atoms with E-state index in [-0.39, 0.29) is 11.9 Å². The predicted molar refractivity (Wildman–Crippen MR) is 193 cm³/mol. The Morgan fingerprint density at radius 1 is 0.622 bits per heavy atom. The lowest BCUT2D eigenvalue weighted by molar-refractivity contribution is -0.145. The summed E-state index contributed by atoms with van der Waals surface area (Å²) in [6.45, 7) is 10.7. The fourth-order valence-electron chi connectivity index (χ4n) is 6.04. The predicted octanol–water partition coefficient (Wildman–Crippen LogP) is 10.4. The molecule has 0 saturated heterocycles. The van der Waals surface area contributed by atoms with Gasteiger partial charge < -0.3 is 14.8 Å². The Kier molecular flexibility index (Phi) is 32.0. The molecule has 1 atom stereocenters. The standard InChI is InChI=1S/C39H78N2O4/c1-7-9-27-36(28-10-8-2)33-39(43)45-32-26-22-18-14-12-16-20-24-30-37(40-38(42)34-41(5)35(3)4)29-23-19-15-11-13-17-21-25-31-44-6/h35-37H,7-34H2,1-6H3,(H,40,42).